The second-order valence-corrected chi connectivity index (χ2v) is 13.0. The lowest BCUT2D eigenvalue weighted by atomic mass is 9.59. The lowest BCUT2D eigenvalue weighted by molar-refractivity contribution is -0.274. The molecule has 2 amide bonds. The summed E-state index contributed by atoms with van der Waals surface area (Å²) in [6.45, 7) is 1.47. The number of fused-ring (bicyclic) bond motifs is 3. The van der Waals surface area contributed by atoms with Crippen LogP contribution in [0.15, 0.2) is 95.1 Å². The topological polar surface area (TPSA) is 119 Å². The first-order valence-corrected chi connectivity index (χ1v) is 16.5. The van der Waals surface area contributed by atoms with Gasteiger partial charge in [-0.15, -0.1) is 13.2 Å². The molecular formula is C40H32F3NO8. The van der Waals surface area contributed by atoms with E-state index >= 15 is 0 Å². The van der Waals surface area contributed by atoms with Crippen molar-refractivity contribution in [3.8, 4) is 23.0 Å². The normalized spacial score (nSPS) is 22.9. The van der Waals surface area contributed by atoms with Crippen LogP contribution in [0, 0.1) is 17.8 Å². The Bertz CT molecular complexity index is 2160. The van der Waals surface area contributed by atoms with E-state index < -0.39 is 64.9 Å². The molecule has 1 saturated heterocycles. The Hall–Kier alpha value is -5.91. The molecule has 0 radical (unpaired) electrons. The maximum atomic E-state index is 14.3. The SMILES string of the molecule is COc1ccc(OC)c(C=Cc2ccc(N3C(=O)[C@H]4[C@H](CC=C5[C@H](c6cc(OC(F)(F)F)ccc6O)C6=C(C[C@H]54)C(=O)C=C(C)C6=O)C3=O)cc2)c1. The number of ether oxygens (including phenoxy) is 3. The Balaban J connectivity index is 1.22. The summed E-state index contributed by atoms with van der Waals surface area (Å²) in [6, 6.07) is 15.2. The average molecular weight is 712 g/mol. The monoisotopic (exact) mass is 711 g/mol. The Morgan fingerprint density at radius 3 is 2.29 bits per heavy atom. The third-order valence-electron chi connectivity index (χ3n) is 10.2. The van der Waals surface area contributed by atoms with Gasteiger partial charge in [0.1, 0.15) is 23.0 Å². The number of amides is 2. The number of anilines is 1. The number of Topliss-reactive ketones (excluding diaryl/α,β-unsaturated/α-hetero) is 1. The van der Waals surface area contributed by atoms with Gasteiger partial charge in [-0.05, 0) is 85.9 Å². The molecule has 1 aliphatic heterocycles. The van der Waals surface area contributed by atoms with Gasteiger partial charge in [-0.25, -0.2) is 0 Å². The van der Waals surface area contributed by atoms with E-state index in [9.17, 15) is 37.5 Å². The number of phenols is 1. The number of benzene rings is 3. The predicted molar refractivity (Wildman–Crippen MR) is 184 cm³/mol. The number of ketones is 2. The fraction of sp³-hybridized carbons (Fsp3) is 0.250. The molecule has 3 aliphatic carbocycles. The predicted octanol–water partition coefficient (Wildman–Crippen LogP) is 7.11. The lowest BCUT2D eigenvalue weighted by Crippen LogP contribution is -2.39. The molecule has 4 aliphatic rings. The maximum Gasteiger partial charge on any atom is 0.573 e. The number of halogens is 3. The van der Waals surface area contributed by atoms with Gasteiger partial charge in [0.15, 0.2) is 11.6 Å². The number of methoxy groups -OCH3 is 2. The van der Waals surface area contributed by atoms with E-state index in [1.807, 2.05) is 18.2 Å². The molecule has 12 heteroatoms. The fourth-order valence-electron chi connectivity index (χ4n) is 7.82. The molecule has 0 aromatic heterocycles. The van der Waals surface area contributed by atoms with Crippen LogP contribution in [0.1, 0.15) is 42.4 Å². The molecular weight excluding hydrogens is 679 g/mol. The second kappa shape index (κ2) is 13.0. The van der Waals surface area contributed by atoms with Crippen LogP contribution in [0.25, 0.3) is 12.2 Å². The Morgan fingerprint density at radius 2 is 1.60 bits per heavy atom. The number of hydrogen-bond acceptors (Lipinski definition) is 8. The van der Waals surface area contributed by atoms with Crippen LogP contribution in [-0.4, -0.2) is 49.1 Å². The van der Waals surface area contributed by atoms with Crippen LogP contribution < -0.4 is 19.1 Å². The summed E-state index contributed by atoms with van der Waals surface area (Å²) in [5.41, 5.74) is 2.60. The van der Waals surface area contributed by atoms with Gasteiger partial charge in [-0.2, -0.15) is 0 Å². The highest BCUT2D eigenvalue weighted by Crippen LogP contribution is 2.56. The van der Waals surface area contributed by atoms with Crippen LogP contribution in [0.3, 0.4) is 0 Å². The number of rotatable bonds is 7. The number of carbonyl (C=O) groups excluding carboxylic acids is 4. The highest BCUT2D eigenvalue weighted by atomic mass is 19.4. The van der Waals surface area contributed by atoms with Crippen LogP contribution in [0.5, 0.6) is 23.0 Å². The van der Waals surface area contributed by atoms with Crippen LogP contribution in [0.2, 0.25) is 0 Å². The van der Waals surface area contributed by atoms with Crippen molar-refractivity contribution < 1.29 is 51.7 Å². The van der Waals surface area contributed by atoms with Crippen molar-refractivity contribution in [2.45, 2.75) is 32.0 Å². The summed E-state index contributed by atoms with van der Waals surface area (Å²) in [6.07, 6.45) is 1.67. The zero-order chi connectivity index (χ0) is 37.1. The van der Waals surface area contributed by atoms with Gasteiger partial charge in [-0.1, -0.05) is 35.9 Å². The second-order valence-electron chi connectivity index (χ2n) is 13.0. The smallest absolute Gasteiger partial charge is 0.508 e. The van der Waals surface area contributed by atoms with E-state index in [4.69, 9.17) is 9.47 Å². The van der Waals surface area contributed by atoms with Gasteiger partial charge in [0.25, 0.3) is 0 Å². The number of phenolic OH excluding ortho intramolecular Hbond substituents is 1. The Kier molecular flexibility index (Phi) is 8.64. The molecule has 1 N–H and O–H groups in total. The first-order valence-electron chi connectivity index (χ1n) is 16.5. The third-order valence-corrected chi connectivity index (χ3v) is 10.2. The molecule has 0 saturated carbocycles. The molecule has 9 nitrogen and oxygen atoms in total. The molecule has 7 rings (SSSR count). The van der Waals surface area contributed by atoms with Crippen LogP contribution >= 0.6 is 0 Å². The zero-order valence-electron chi connectivity index (χ0n) is 28.2. The molecule has 3 aromatic carbocycles. The summed E-state index contributed by atoms with van der Waals surface area (Å²) in [7, 11) is 3.13. The maximum absolute atomic E-state index is 14.3. The largest absolute Gasteiger partial charge is 0.573 e. The minimum absolute atomic E-state index is 0.0307. The fourth-order valence-corrected chi connectivity index (χ4v) is 7.82. The van der Waals surface area contributed by atoms with Crippen molar-refractivity contribution in [3.05, 3.63) is 112 Å². The van der Waals surface area contributed by atoms with Crippen molar-refractivity contribution in [3.63, 3.8) is 0 Å². The standard InChI is InChI=1S/C40H32F3NO8/c1-20-16-32(46)30-19-28-26(34(36(30)37(20)47)29-18-25(10-14-31(29)45)52-40(41,42)43)12-13-27-35(28)39(49)44(38(27)48)23-8-5-21(6-9-23)4-7-22-17-24(50-2)11-15-33(22)51-3/h4-12,14-18,27-28,34-35,45H,13,19H2,1-3H3/t27-,28+,34+,35-/m0/s1. The van der Waals surface area contributed by atoms with Gasteiger partial charge < -0.3 is 19.3 Å². The summed E-state index contributed by atoms with van der Waals surface area (Å²) in [5, 5.41) is 11.0. The quantitative estimate of drug-likeness (QED) is 0.119. The van der Waals surface area contributed by atoms with E-state index in [0.717, 1.165) is 34.2 Å². The zero-order valence-corrected chi connectivity index (χ0v) is 28.2. The molecule has 3 aromatic rings. The van der Waals surface area contributed by atoms with Crippen molar-refractivity contribution in [2.75, 3.05) is 19.1 Å². The van der Waals surface area contributed by atoms with E-state index in [1.165, 1.54) is 13.0 Å². The Labute approximate surface area is 296 Å². The van der Waals surface area contributed by atoms with Crippen molar-refractivity contribution in [1.29, 1.82) is 0 Å². The number of aromatic hydroxyl groups is 1. The summed E-state index contributed by atoms with van der Waals surface area (Å²) in [5.74, 6) is -5.21. The molecule has 1 fully saturated rings. The molecule has 4 atom stereocenters. The number of carbonyl (C=O) groups is 4. The first kappa shape index (κ1) is 34.5. The number of imide groups is 1. The van der Waals surface area contributed by atoms with E-state index in [0.29, 0.717) is 22.8 Å². The van der Waals surface area contributed by atoms with E-state index in [2.05, 4.69) is 4.74 Å². The average Bonchev–Trinajstić information content (AvgIpc) is 3.38. The van der Waals surface area contributed by atoms with E-state index in [1.54, 1.807) is 56.7 Å². The van der Waals surface area contributed by atoms with Crippen LogP contribution in [0.4, 0.5) is 18.9 Å². The van der Waals surface area contributed by atoms with Crippen molar-refractivity contribution in [1.82, 2.24) is 0 Å². The molecule has 0 bridgehead atoms. The number of nitrogens with zero attached hydrogens (tertiary/aromatic N) is 1. The van der Waals surface area contributed by atoms with Gasteiger partial charge >= 0.3 is 6.36 Å². The molecule has 52 heavy (non-hydrogen) atoms. The number of alkyl halides is 3. The van der Waals surface area contributed by atoms with Gasteiger partial charge in [-0.3, -0.25) is 24.1 Å². The molecule has 1 heterocycles. The lowest BCUT2D eigenvalue weighted by Gasteiger charge is -2.42. The van der Waals surface area contributed by atoms with Crippen LogP contribution in [-0.2, 0) is 19.2 Å². The molecule has 0 unspecified atom stereocenters. The number of allylic oxidation sites excluding steroid dienone is 6. The minimum atomic E-state index is -5.03. The third kappa shape index (κ3) is 5.97. The summed E-state index contributed by atoms with van der Waals surface area (Å²) in [4.78, 5) is 56.4. The summed E-state index contributed by atoms with van der Waals surface area (Å²) < 4.78 is 54.5. The minimum Gasteiger partial charge on any atom is -0.508 e. The van der Waals surface area contributed by atoms with Crippen molar-refractivity contribution >= 4 is 41.2 Å². The highest BCUT2D eigenvalue weighted by Gasteiger charge is 2.57. The Morgan fingerprint density at radius 1 is 0.865 bits per heavy atom. The first-order chi connectivity index (χ1) is 24.8. The van der Waals surface area contributed by atoms with Gasteiger partial charge in [0.05, 0.1) is 31.7 Å². The molecule has 266 valence electrons. The summed E-state index contributed by atoms with van der Waals surface area (Å²) >= 11 is 0. The molecule has 0 spiro atoms. The van der Waals surface area contributed by atoms with Gasteiger partial charge in [0.2, 0.25) is 11.8 Å². The van der Waals surface area contributed by atoms with E-state index in [-0.39, 0.29) is 35.1 Å². The highest BCUT2D eigenvalue weighted by molar-refractivity contribution is 6.25. The number of hydrogen-bond donors (Lipinski definition) is 1. The van der Waals surface area contributed by atoms with Gasteiger partial charge in [0, 0.05) is 33.8 Å². The van der Waals surface area contributed by atoms with Crippen molar-refractivity contribution in [2.24, 2.45) is 17.8 Å².